The number of nitrogens with zero attached hydrogens (tertiary/aromatic N) is 3. The van der Waals surface area contributed by atoms with Crippen LogP contribution >= 0.6 is 35.3 Å². The first-order chi connectivity index (χ1) is 13.1. The fourth-order valence-corrected chi connectivity index (χ4v) is 5.11. The van der Waals surface area contributed by atoms with Crippen molar-refractivity contribution >= 4 is 73.3 Å². The van der Waals surface area contributed by atoms with Gasteiger partial charge < -0.3 is 20.0 Å². The molecule has 2 rings (SSSR count). The monoisotopic (exact) mass is 489 g/mol. The van der Waals surface area contributed by atoms with Crippen LogP contribution in [-0.2, 0) is 24.7 Å². The Morgan fingerprint density at radius 1 is 1.55 bits per heavy atom. The number of thiocarbonyl (C=S) groups is 1. The summed E-state index contributed by atoms with van der Waals surface area (Å²) in [5.74, 6) is -1.83. The smallest absolute Gasteiger partial charge is 0.731 e. The number of hydrogen-bond donors (Lipinski definition) is 2. The van der Waals surface area contributed by atoms with Crippen molar-refractivity contribution in [2.24, 2.45) is 5.16 Å². The molecule has 0 spiro atoms. The number of thiazole rings is 1. The summed E-state index contributed by atoms with van der Waals surface area (Å²) in [5.41, 5.74) is -0.0446. The number of amides is 2. The number of carbonyl (C=O) groups is 2. The van der Waals surface area contributed by atoms with Crippen LogP contribution in [0.2, 0.25) is 0 Å². The summed E-state index contributed by atoms with van der Waals surface area (Å²) in [6, 6.07) is -1.20. The van der Waals surface area contributed by atoms with E-state index in [1.165, 1.54) is 24.7 Å². The van der Waals surface area contributed by atoms with Gasteiger partial charge >= 0.3 is 29.6 Å². The average molecular weight is 490 g/mol. The van der Waals surface area contributed by atoms with Crippen molar-refractivity contribution in [2.75, 3.05) is 18.7 Å². The second-order valence-electron chi connectivity index (χ2n) is 5.23. The molecule has 0 bridgehead atoms. The number of rotatable bonds is 8. The van der Waals surface area contributed by atoms with Gasteiger partial charge in [0.25, 0.3) is 11.8 Å². The Morgan fingerprint density at radius 2 is 2.21 bits per heavy atom. The van der Waals surface area contributed by atoms with E-state index in [-0.39, 0.29) is 45.3 Å². The fourth-order valence-electron chi connectivity index (χ4n) is 2.19. The molecule has 0 unspecified atom stereocenters. The Hall–Kier alpha value is -0.810. The second-order valence-corrected chi connectivity index (χ2v) is 8.79. The minimum Gasteiger partial charge on any atom is -0.731 e. The number of nitrogens with one attached hydrogen (secondary N) is 2. The van der Waals surface area contributed by atoms with Crippen LogP contribution in [0.3, 0.4) is 0 Å². The van der Waals surface area contributed by atoms with E-state index in [2.05, 4.69) is 25.6 Å². The number of carbonyl (C=O) groups excluding carboxylic acids is 2. The molecule has 2 heterocycles. The van der Waals surface area contributed by atoms with Gasteiger partial charge in [-0.25, -0.2) is 17.7 Å². The quantitative estimate of drug-likeness (QED) is 0.0972. The van der Waals surface area contributed by atoms with E-state index in [9.17, 15) is 22.6 Å². The molecule has 1 aromatic heterocycles. The van der Waals surface area contributed by atoms with Gasteiger partial charge in [-0.15, -0.1) is 23.1 Å². The maximum atomic E-state index is 12.6. The number of anilines is 1. The molecule has 154 valence electrons. The Morgan fingerprint density at radius 3 is 2.72 bits per heavy atom. The SMILES string of the molecule is CCC(=S)Nc1nc(C(=NOC)C(=O)N[C@@H]2C(=O)N(S(=O)(=O)[O-])[C@H]2SC)cs1.[Na+]. The standard InChI is InChI=1S/C13H17N5O6S4.Na/c1-4-7(25)15-13-14-6(5-27-13)8(17-24-2)10(19)16-9-11(20)18(12(9)26-3)28(21,22)23;/h5,9,12H,4H2,1-3H3,(H,16,19)(H,14,15,25)(H,21,22,23);/q;+1/p-1/t9-,12+;/m1./s1. The van der Waals surface area contributed by atoms with E-state index in [1.54, 1.807) is 5.38 Å². The van der Waals surface area contributed by atoms with Crippen molar-refractivity contribution in [1.82, 2.24) is 14.6 Å². The molecule has 1 aliphatic heterocycles. The first-order valence-electron chi connectivity index (χ1n) is 7.63. The maximum absolute atomic E-state index is 12.6. The van der Waals surface area contributed by atoms with Gasteiger partial charge in [0.15, 0.2) is 21.1 Å². The molecule has 16 heteroatoms. The van der Waals surface area contributed by atoms with Crippen molar-refractivity contribution < 1.29 is 57.0 Å². The number of thioether (sulfide) groups is 1. The van der Waals surface area contributed by atoms with Gasteiger partial charge in [0.05, 0.1) is 4.99 Å². The molecule has 0 aliphatic carbocycles. The van der Waals surface area contributed by atoms with Crippen LogP contribution < -0.4 is 40.2 Å². The van der Waals surface area contributed by atoms with E-state index in [0.29, 0.717) is 16.5 Å². The van der Waals surface area contributed by atoms with Gasteiger partial charge in [-0.1, -0.05) is 24.3 Å². The third-order valence-corrected chi connectivity index (χ3v) is 6.62. The Balaban J connectivity index is 0.00000420. The van der Waals surface area contributed by atoms with E-state index in [0.717, 1.165) is 11.8 Å². The van der Waals surface area contributed by atoms with Crippen molar-refractivity contribution in [3.63, 3.8) is 0 Å². The normalized spacial score (nSPS) is 19.1. The topological polar surface area (TPSA) is 153 Å². The third kappa shape index (κ3) is 6.10. The third-order valence-electron chi connectivity index (χ3n) is 3.48. The molecule has 1 aromatic rings. The molecule has 2 amide bonds. The molecule has 29 heavy (non-hydrogen) atoms. The fraction of sp³-hybridized carbons (Fsp3) is 0.462. The van der Waals surface area contributed by atoms with Crippen molar-refractivity contribution in [2.45, 2.75) is 24.8 Å². The van der Waals surface area contributed by atoms with E-state index >= 15 is 0 Å². The predicted octanol–water partition coefficient (Wildman–Crippen LogP) is -2.88. The van der Waals surface area contributed by atoms with Crippen LogP contribution in [0, 0.1) is 0 Å². The molecule has 1 fully saturated rings. The molecule has 1 saturated heterocycles. The van der Waals surface area contributed by atoms with Crippen molar-refractivity contribution in [1.29, 1.82) is 0 Å². The van der Waals surface area contributed by atoms with E-state index < -0.39 is 33.5 Å². The molecule has 0 saturated carbocycles. The molecular formula is C13H16N5NaO6S4. The zero-order valence-corrected chi connectivity index (χ0v) is 21.1. The average Bonchev–Trinajstić information content (AvgIpc) is 3.08. The van der Waals surface area contributed by atoms with Crippen molar-refractivity contribution in [3.8, 4) is 0 Å². The second kappa shape index (κ2) is 11.0. The molecule has 2 N–H and O–H groups in total. The Bertz CT molecular complexity index is 921. The first kappa shape index (κ1) is 26.2. The summed E-state index contributed by atoms with van der Waals surface area (Å²) in [4.78, 5) is 34.0. The van der Waals surface area contributed by atoms with Gasteiger partial charge in [0.2, 0.25) is 0 Å². The van der Waals surface area contributed by atoms with Gasteiger partial charge in [0.1, 0.15) is 24.2 Å². The molecule has 2 atom stereocenters. The summed E-state index contributed by atoms with van der Waals surface area (Å²) in [6.45, 7) is 1.87. The van der Waals surface area contributed by atoms with Crippen LogP contribution in [0.1, 0.15) is 19.0 Å². The maximum Gasteiger partial charge on any atom is 1.00 e. The summed E-state index contributed by atoms with van der Waals surface area (Å²) in [5, 5.41) is 9.85. The van der Waals surface area contributed by atoms with Crippen LogP contribution in [0.25, 0.3) is 0 Å². The summed E-state index contributed by atoms with van der Waals surface area (Å²) in [7, 11) is -3.73. The summed E-state index contributed by atoms with van der Waals surface area (Å²) in [6.07, 6.45) is 2.12. The Labute approximate surface area is 203 Å². The Kier molecular flexibility index (Phi) is 9.94. The minimum atomic E-state index is -4.96. The largest absolute Gasteiger partial charge is 1.00 e. The molecule has 0 radical (unpaired) electrons. The van der Waals surface area contributed by atoms with Crippen LogP contribution in [-0.4, -0.2) is 69.6 Å². The number of hydrogen-bond acceptors (Lipinski definition) is 11. The summed E-state index contributed by atoms with van der Waals surface area (Å²) >= 11 is 7.20. The molecular weight excluding hydrogens is 473 g/mol. The summed E-state index contributed by atoms with van der Waals surface area (Å²) < 4.78 is 33.6. The zero-order chi connectivity index (χ0) is 21.1. The molecule has 1 aliphatic rings. The van der Waals surface area contributed by atoms with E-state index in [1.807, 2.05) is 6.92 Å². The van der Waals surface area contributed by atoms with Crippen molar-refractivity contribution in [3.05, 3.63) is 11.1 Å². The van der Waals surface area contributed by atoms with Gasteiger partial charge in [-0.3, -0.25) is 9.59 Å². The molecule has 0 aromatic carbocycles. The minimum absolute atomic E-state index is 0. The van der Waals surface area contributed by atoms with Crippen LogP contribution in [0.5, 0.6) is 0 Å². The van der Waals surface area contributed by atoms with Gasteiger partial charge in [0, 0.05) is 5.38 Å². The first-order valence-corrected chi connectivity index (χ1v) is 11.6. The zero-order valence-electron chi connectivity index (χ0n) is 15.9. The van der Waals surface area contributed by atoms with Crippen LogP contribution in [0.15, 0.2) is 10.5 Å². The number of aromatic nitrogens is 1. The number of β-lactam (4-membered cyclic amide) rings is 1. The van der Waals surface area contributed by atoms with Gasteiger partial charge in [-0.05, 0) is 12.7 Å². The van der Waals surface area contributed by atoms with Gasteiger partial charge in [-0.2, -0.15) is 0 Å². The van der Waals surface area contributed by atoms with Crippen LogP contribution in [0.4, 0.5) is 5.13 Å². The molecule has 11 nitrogen and oxygen atoms in total. The van der Waals surface area contributed by atoms with E-state index in [4.69, 9.17) is 12.2 Å². The predicted molar refractivity (Wildman–Crippen MR) is 108 cm³/mol. The number of oxime groups is 1.